The molecule has 1 aromatic carbocycles. The van der Waals surface area contributed by atoms with Crippen LogP contribution in [0.1, 0.15) is 20.3 Å². The summed E-state index contributed by atoms with van der Waals surface area (Å²) in [6.45, 7) is 4.10. The normalized spacial score (nSPS) is 12.3. The van der Waals surface area contributed by atoms with Gasteiger partial charge in [0, 0.05) is 11.3 Å². The number of aromatic nitrogens is 1. The average molecular weight is 355 g/mol. The number of nitrogens with two attached hydrogens (primary N) is 1. The van der Waals surface area contributed by atoms with Crippen LogP contribution >= 0.6 is 11.3 Å². The summed E-state index contributed by atoms with van der Waals surface area (Å²) in [5.74, 6) is 0.893. The molecule has 3 rings (SSSR count). The smallest absolute Gasteiger partial charge is 0.241 e. The SMILES string of the molecule is CC(C)C[C@@H](N)C(=O)Nc1ccc(-c2cnco2)c(-c2ccsc2)c1. The van der Waals surface area contributed by atoms with Gasteiger partial charge in [-0.25, -0.2) is 4.98 Å². The van der Waals surface area contributed by atoms with Crippen LogP contribution in [0.3, 0.4) is 0 Å². The first-order chi connectivity index (χ1) is 12.0. The van der Waals surface area contributed by atoms with Crippen LogP contribution in [0.5, 0.6) is 0 Å². The lowest BCUT2D eigenvalue weighted by Gasteiger charge is -2.15. The van der Waals surface area contributed by atoms with E-state index in [9.17, 15) is 4.79 Å². The van der Waals surface area contributed by atoms with Crippen molar-refractivity contribution < 1.29 is 9.21 Å². The number of hydrogen-bond donors (Lipinski definition) is 2. The van der Waals surface area contributed by atoms with E-state index in [4.69, 9.17) is 10.2 Å². The minimum Gasteiger partial charge on any atom is -0.443 e. The predicted octanol–water partition coefficient (Wildman–Crippen LogP) is 4.38. The fraction of sp³-hybridized carbons (Fsp3) is 0.263. The third-order valence-electron chi connectivity index (χ3n) is 3.88. The van der Waals surface area contributed by atoms with Crippen LogP contribution in [0.25, 0.3) is 22.5 Å². The lowest BCUT2D eigenvalue weighted by molar-refractivity contribution is -0.117. The summed E-state index contributed by atoms with van der Waals surface area (Å²) in [6, 6.07) is 7.25. The molecule has 0 spiro atoms. The Labute approximate surface area is 150 Å². The van der Waals surface area contributed by atoms with Crippen molar-refractivity contribution >= 4 is 22.9 Å². The van der Waals surface area contributed by atoms with Gasteiger partial charge in [-0.05, 0) is 58.5 Å². The Morgan fingerprint density at radius 1 is 1.32 bits per heavy atom. The van der Waals surface area contributed by atoms with Gasteiger partial charge in [0.25, 0.3) is 0 Å². The molecular formula is C19H21N3O2S. The second kappa shape index (κ2) is 7.63. The minimum absolute atomic E-state index is 0.169. The van der Waals surface area contributed by atoms with Gasteiger partial charge in [-0.1, -0.05) is 13.8 Å². The van der Waals surface area contributed by atoms with Crippen LogP contribution in [0.4, 0.5) is 5.69 Å². The molecule has 0 aliphatic rings. The summed E-state index contributed by atoms with van der Waals surface area (Å²) in [6.07, 6.45) is 3.74. The Bertz CT molecular complexity index is 826. The maximum Gasteiger partial charge on any atom is 0.241 e. The highest BCUT2D eigenvalue weighted by Gasteiger charge is 2.17. The number of oxazole rings is 1. The van der Waals surface area contributed by atoms with Crippen molar-refractivity contribution in [3.05, 3.63) is 47.6 Å². The van der Waals surface area contributed by atoms with Crippen molar-refractivity contribution in [1.82, 2.24) is 4.98 Å². The lowest BCUT2D eigenvalue weighted by atomic mass is 9.99. The monoisotopic (exact) mass is 355 g/mol. The average Bonchev–Trinajstić information content (AvgIpc) is 3.28. The van der Waals surface area contributed by atoms with Gasteiger partial charge in [0.2, 0.25) is 5.91 Å². The summed E-state index contributed by atoms with van der Waals surface area (Å²) < 4.78 is 5.45. The molecule has 0 fully saturated rings. The van der Waals surface area contributed by atoms with E-state index in [1.54, 1.807) is 17.5 Å². The standard InChI is InChI=1S/C19H21N3O2S/c1-12(2)7-17(20)19(23)22-14-3-4-15(18-9-21-11-24-18)16(8-14)13-5-6-25-10-13/h3-6,8-12,17H,7,20H2,1-2H3,(H,22,23)/t17-/m1/s1. The van der Waals surface area contributed by atoms with E-state index in [1.165, 1.54) is 6.39 Å². The molecule has 1 atom stereocenters. The zero-order valence-corrected chi connectivity index (χ0v) is 15.0. The van der Waals surface area contributed by atoms with E-state index in [-0.39, 0.29) is 5.91 Å². The molecule has 2 heterocycles. The third-order valence-corrected chi connectivity index (χ3v) is 4.56. The molecule has 0 aliphatic carbocycles. The first kappa shape index (κ1) is 17.4. The number of amides is 1. The number of nitrogens with one attached hydrogen (secondary N) is 1. The zero-order valence-electron chi connectivity index (χ0n) is 14.2. The number of thiophene rings is 1. The predicted molar refractivity (Wildman–Crippen MR) is 101 cm³/mol. The van der Waals surface area contributed by atoms with Crippen molar-refractivity contribution in [3.8, 4) is 22.5 Å². The van der Waals surface area contributed by atoms with Crippen LogP contribution in [0.15, 0.2) is 52.0 Å². The van der Waals surface area contributed by atoms with Gasteiger partial charge in [-0.15, -0.1) is 0 Å². The second-order valence-corrected chi connectivity index (χ2v) is 7.14. The quantitative estimate of drug-likeness (QED) is 0.687. The van der Waals surface area contributed by atoms with E-state index in [0.717, 1.165) is 16.7 Å². The molecule has 3 aromatic rings. The molecule has 1 amide bonds. The highest BCUT2D eigenvalue weighted by Crippen LogP contribution is 2.35. The van der Waals surface area contributed by atoms with Gasteiger partial charge in [0.05, 0.1) is 12.2 Å². The lowest BCUT2D eigenvalue weighted by Crippen LogP contribution is -2.36. The van der Waals surface area contributed by atoms with Crippen LogP contribution in [0.2, 0.25) is 0 Å². The van der Waals surface area contributed by atoms with Crippen molar-refractivity contribution in [3.63, 3.8) is 0 Å². The van der Waals surface area contributed by atoms with Crippen molar-refractivity contribution in [2.45, 2.75) is 26.3 Å². The zero-order chi connectivity index (χ0) is 17.8. The molecule has 0 radical (unpaired) electrons. The Balaban J connectivity index is 1.90. The molecule has 0 saturated carbocycles. The van der Waals surface area contributed by atoms with Crippen LogP contribution in [-0.2, 0) is 4.79 Å². The van der Waals surface area contributed by atoms with E-state index >= 15 is 0 Å². The molecule has 2 aromatic heterocycles. The van der Waals surface area contributed by atoms with Gasteiger partial charge in [-0.3, -0.25) is 4.79 Å². The minimum atomic E-state index is -0.515. The number of carbonyl (C=O) groups excluding carboxylic acids is 1. The van der Waals surface area contributed by atoms with Crippen LogP contribution < -0.4 is 11.1 Å². The molecule has 25 heavy (non-hydrogen) atoms. The van der Waals surface area contributed by atoms with Gasteiger partial charge in [-0.2, -0.15) is 11.3 Å². The van der Waals surface area contributed by atoms with Gasteiger partial charge in [0.1, 0.15) is 0 Å². The topological polar surface area (TPSA) is 81.2 Å². The van der Waals surface area contributed by atoms with Crippen LogP contribution in [0, 0.1) is 5.92 Å². The van der Waals surface area contributed by atoms with E-state index in [1.807, 2.05) is 43.5 Å². The molecule has 0 saturated heterocycles. The van der Waals surface area contributed by atoms with E-state index < -0.39 is 6.04 Å². The number of carbonyl (C=O) groups is 1. The third kappa shape index (κ3) is 4.15. The maximum atomic E-state index is 12.3. The molecule has 3 N–H and O–H groups in total. The molecule has 0 bridgehead atoms. The molecule has 5 nitrogen and oxygen atoms in total. The summed E-state index contributed by atoms with van der Waals surface area (Å²) >= 11 is 1.62. The summed E-state index contributed by atoms with van der Waals surface area (Å²) in [7, 11) is 0. The summed E-state index contributed by atoms with van der Waals surface area (Å²) in [5, 5.41) is 6.99. The number of benzene rings is 1. The second-order valence-electron chi connectivity index (χ2n) is 6.36. The van der Waals surface area contributed by atoms with Gasteiger partial charge < -0.3 is 15.5 Å². The Kier molecular flexibility index (Phi) is 5.31. The molecule has 130 valence electrons. The fourth-order valence-corrected chi connectivity index (χ4v) is 3.35. The number of anilines is 1. The molecule has 0 unspecified atom stereocenters. The first-order valence-corrected chi connectivity index (χ1v) is 9.11. The van der Waals surface area contributed by atoms with Crippen LogP contribution in [-0.4, -0.2) is 16.9 Å². The summed E-state index contributed by atoms with van der Waals surface area (Å²) in [4.78, 5) is 16.3. The Morgan fingerprint density at radius 3 is 2.80 bits per heavy atom. The Morgan fingerprint density at radius 2 is 2.16 bits per heavy atom. The van der Waals surface area contributed by atoms with Gasteiger partial charge in [0.15, 0.2) is 12.2 Å². The van der Waals surface area contributed by atoms with Crippen molar-refractivity contribution in [2.24, 2.45) is 11.7 Å². The fourth-order valence-electron chi connectivity index (χ4n) is 2.69. The largest absolute Gasteiger partial charge is 0.443 e. The number of rotatable bonds is 6. The van der Waals surface area contributed by atoms with Crippen molar-refractivity contribution in [2.75, 3.05) is 5.32 Å². The molecular weight excluding hydrogens is 334 g/mol. The van der Waals surface area contributed by atoms with E-state index in [0.29, 0.717) is 23.8 Å². The number of nitrogens with zero attached hydrogens (tertiary/aromatic N) is 1. The molecule has 6 heteroatoms. The highest BCUT2D eigenvalue weighted by atomic mass is 32.1. The maximum absolute atomic E-state index is 12.3. The van der Waals surface area contributed by atoms with Crippen molar-refractivity contribution in [1.29, 1.82) is 0 Å². The summed E-state index contributed by atoms with van der Waals surface area (Å²) in [5.41, 5.74) is 9.67. The Hall–Kier alpha value is -2.44. The first-order valence-electron chi connectivity index (χ1n) is 8.16. The number of hydrogen-bond acceptors (Lipinski definition) is 5. The highest BCUT2D eigenvalue weighted by molar-refractivity contribution is 7.08. The molecule has 0 aliphatic heterocycles. The van der Waals surface area contributed by atoms with E-state index in [2.05, 4.69) is 15.7 Å². The van der Waals surface area contributed by atoms with Gasteiger partial charge >= 0.3 is 0 Å².